The molecule has 1 aromatic carbocycles. The summed E-state index contributed by atoms with van der Waals surface area (Å²) in [6.45, 7) is 6.91. The number of hydrogen-bond acceptors (Lipinski definition) is 4. The van der Waals surface area contributed by atoms with Crippen LogP contribution < -0.4 is 16.0 Å². The Bertz CT molecular complexity index is 436. The van der Waals surface area contributed by atoms with Crippen molar-refractivity contribution >= 4 is 11.6 Å². The van der Waals surface area contributed by atoms with Gasteiger partial charge in [-0.1, -0.05) is 25.4 Å². The molecule has 0 radical (unpaired) electrons. The van der Waals surface area contributed by atoms with Gasteiger partial charge in [0, 0.05) is 11.6 Å². The first-order valence-electron chi connectivity index (χ1n) is 7.49. The summed E-state index contributed by atoms with van der Waals surface area (Å²) in [5.74, 6) is 6.63. The third-order valence-electron chi connectivity index (χ3n) is 4.13. The van der Waals surface area contributed by atoms with Crippen molar-refractivity contribution in [3.63, 3.8) is 0 Å². The summed E-state index contributed by atoms with van der Waals surface area (Å²) in [7, 11) is 1.66. The number of nitrogens with one attached hydrogen (secondary N) is 1. The second-order valence-electron chi connectivity index (χ2n) is 5.08. The minimum absolute atomic E-state index is 0.0141. The highest BCUT2D eigenvalue weighted by molar-refractivity contribution is 6.30. The second-order valence-corrected chi connectivity index (χ2v) is 5.52. The van der Waals surface area contributed by atoms with Gasteiger partial charge in [-0.2, -0.15) is 0 Å². The summed E-state index contributed by atoms with van der Waals surface area (Å²) >= 11 is 6.11. The Kier molecular flexibility index (Phi) is 7.46. The fraction of sp³-hybridized carbons (Fsp3) is 0.625. The van der Waals surface area contributed by atoms with Crippen LogP contribution in [-0.4, -0.2) is 25.4 Å². The van der Waals surface area contributed by atoms with Crippen LogP contribution in [0.25, 0.3) is 0 Å². The van der Waals surface area contributed by atoms with Crippen molar-refractivity contribution in [3.8, 4) is 5.75 Å². The number of hydrogen-bond donors (Lipinski definition) is 2. The van der Waals surface area contributed by atoms with Crippen molar-refractivity contribution in [1.82, 2.24) is 5.43 Å². The number of rotatable bonds is 9. The molecule has 1 atom stereocenters. The molecule has 0 bridgehead atoms. The molecule has 0 saturated carbocycles. The maximum absolute atomic E-state index is 6.11. The smallest absolute Gasteiger partial charge is 0.122 e. The Labute approximate surface area is 132 Å². The van der Waals surface area contributed by atoms with Crippen LogP contribution in [0.2, 0.25) is 5.02 Å². The highest BCUT2D eigenvalue weighted by Gasteiger charge is 2.36. The second kappa shape index (κ2) is 8.59. The van der Waals surface area contributed by atoms with Gasteiger partial charge in [0.05, 0.1) is 18.8 Å². The van der Waals surface area contributed by atoms with E-state index in [2.05, 4.69) is 19.3 Å². The molecule has 0 aliphatic carbocycles. The first-order valence-corrected chi connectivity index (χ1v) is 7.87. The van der Waals surface area contributed by atoms with Gasteiger partial charge in [-0.05, 0) is 49.9 Å². The molecule has 21 heavy (non-hydrogen) atoms. The lowest BCUT2D eigenvalue weighted by atomic mass is 9.84. The molecule has 1 rings (SSSR count). The van der Waals surface area contributed by atoms with Crippen LogP contribution in [0.3, 0.4) is 0 Å². The van der Waals surface area contributed by atoms with Crippen LogP contribution in [0.15, 0.2) is 18.2 Å². The number of methoxy groups -OCH3 is 1. The van der Waals surface area contributed by atoms with Crippen LogP contribution in [0.1, 0.15) is 39.2 Å². The topological polar surface area (TPSA) is 56.5 Å². The van der Waals surface area contributed by atoms with E-state index in [0.29, 0.717) is 18.1 Å². The molecule has 0 aliphatic heterocycles. The minimum atomic E-state index is -0.295. The van der Waals surface area contributed by atoms with Crippen molar-refractivity contribution in [2.24, 2.45) is 5.84 Å². The number of hydrazine groups is 1. The third-order valence-corrected chi connectivity index (χ3v) is 4.37. The average molecular weight is 315 g/mol. The lowest BCUT2D eigenvalue weighted by Gasteiger charge is -2.39. The van der Waals surface area contributed by atoms with Crippen LogP contribution in [0, 0.1) is 0 Å². The molecular formula is C16H27ClN2O2. The molecule has 1 unspecified atom stereocenters. The molecule has 5 heteroatoms. The molecular weight excluding hydrogens is 288 g/mol. The van der Waals surface area contributed by atoms with Crippen molar-refractivity contribution in [3.05, 3.63) is 28.8 Å². The Morgan fingerprint density at radius 2 is 1.95 bits per heavy atom. The highest BCUT2D eigenvalue weighted by Crippen LogP contribution is 2.30. The molecule has 0 saturated heterocycles. The average Bonchev–Trinajstić information content (AvgIpc) is 2.51. The summed E-state index contributed by atoms with van der Waals surface area (Å²) in [4.78, 5) is 0. The molecule has 1 aromatic rings. The largest absolute Gasteiger partial charge is 0.496 e. The van der Waals surface area contributed by atoms with Crippen LogP contribution >= 0.6 is 11.6 Å². The predicted molar refractivity (Wildman–Crippen MR) is 87.8 cm³/mol. The van der Waals surface area contributed by atoms with E-state index in [1.165, 1.54) is 0 Å². The Morgan fingerprint density at radius 3 is 2.43 bits per heavy atom. The summed E-state index contributed by atoms with van der Waals surface area (Å²) < 4.78 is 11.5. The number of nitrogens with two attached hydrogens (primary N) is 1. The van der Waals surface area contributed by atoms with Crippen molar-refractivity contribution in [2.45, 2.75) is 51.7 Å². The van der Waals surface area contributed by atoms with Crippen molar-refractivity contribution in [2.75, 3.05) is 13.7 Å². The molecule has 0 amide bonds. The molecule has 0 fully saturated rings. The SMILES string of the molecule is CCOC(CC)(CC)C(Cc1cc(Cl)ccc1OC)NN. The van der Waals surface area contributed by atoms with Gasteiger partial charge in [-0.15, -0.1) is 0 Å². The van der Waals surface area contributed by atoms with Gasteiger partial charge in [0.1, 0.15) is 5.75 Å². The molecule has 4 nitrogen and oxygen atoms in total. The fourth-order valence-electron chi connectivity index (χ4n) is 2.86. The zero-order valence-electron chi connectivity index (χ0n) is 13.4. The summed E-state index contributed by atoms with van der Waals surface area (Å²) in [6.07, 6.45) is 2.46. The molecule has 0 aromatic heterocycles. The first kappa shape index (κ1) is 18.2. The Morgan fingerprint density at radius 1 is 1.29 bits per heavy atom. The van der Waals surface area contributed by atoms with E-state index in [4.69, 9.17) is 26.9 Å². The van der Waals surface area contributed by atoms with Crippen molar-refractivity contribution in [1.29, 1.82) is 0 Å². The number of halogens is 1. The van der Waals surface area contributed by atoms with Gasteiger partial charge >= 0.3 is 0 Å². The molecule has 120 valence electrons. The van der Waals surface area contributed by atoms with E-state index < -0.39 is 0 Å². The molecule has 3 N–H and O–H groups in total. The van der Waals surface area contributed by atoms with Gasteiger partial charge in [0.25, 0.3) is 0 Å². The van der Waals surface area contributed by atoms with E-state index in [1.807, 2.05) is 25.1 Å². The standard InChI is InChI=1S/C16H27ClN2O2/c1-5-16(6-2,21-7-3)15(19-18)11-12-10-13(17)8-9-14(12)20-4/h8-10,15,19H,5-7,11,18H2,1-4H3. The summed E-state index contributed by atoms with van der Waals surface area (Å²) in [5.41, 5.74) is 3.66. The zero-order valence-corrected chi connectivity index (χ0v) is 14.2. The summed E-state index contributed by atoms with van der Waals surface area (Å²) in [5, 5.41) is 0.691. The van der Waals surface area contributed by atoms with Gasteiger partial charge in [-0.25, -0.2) is 0 Å². The fourth-order valence-corrected chi connectivity index (χ4v) is 3.05. The predicted octanol–water partition coefficient (Wildman–Crippen LogP) is 3.32. The van der Waals surface area contributed by atoms with Crippen LogP contribution in [0.5, 0.6) is 5.75 Å². The molecule has 0 heterocycles. The van der Waals surface area contributed by atoms with Gasteiger partial charge in [0.2, 0.25) is 0 Å². The number of ether oxygens (including phenoxy) is 2. The summed E-state index contributed by atoms with van der Waals surface area (Å²) in [6, 6.07) is 5.61. The monoisotopic (exact) mass is 314 g/mol. The van der Waals surface area contributed by atoms with Gasteiger partial charge in [0.15, 0.2) is 0 Å². The quantitative estimate of drug-likeness (QED) is 0.542. The third kappa shape index (κ3) is 4.33. The lowest BCUT2D eigenvalue weighted by Crippen LogP contribution is -2.55. The maximum atomic E-state index is 6.11. The van der Waals surface area contributed by atoms with E-state index in [9.17, 15) is 0 Å². The van der Waals surface area contributed by atoms with E-state index in [0.717, 1.165) is 24.2 Å². The van der Waals surface area contributed by atoms with E-state index in [1.54, 1.807) is 7.11 Å². The van der Waals surface area contributed by atoms with E-state index >= 15 is 0 Å². The van der Waals surface area contributed by atoms with Crippen molar-refractivity contribution < 1.29 is 9.47 Å². The maximum Gasteiger partial charge on any atom is 0.122 e. The number of benzene rings is 1. The van der Waals surface area contributed by atoms with Gasteiger partial charge < -0.3 is 9.47 Å². The van der Waals surface area contributed by atoms with Crippen LogP contribution in [-0.2, 0) is 11.2 Å². The Balaban J connectivity index is 3.08. The van der Waals surface area contributed by atoms with Gasteiger partial charge in [-0.3, -0.25) is 11.3 Å². The first-order chi connectivity index (χ1) is 10.1. The minimum Gasteiger partial charge on any atom is -0.496 e. The van der Waals surface area contributed by atoms with Crippen LogP contribution in [0.4, 0.5) is 0 Å². The molecule has 0 spiro atoms. The Hall–Kier alpha value is -0.810. The lowest BCUT2D eigenvalue weighted by molar-refractivity contribution is -0.0720. The normalized spacial score (nSPS) is 13.2. The zero-order chi connectivity index (χ0) is 15.9. The van der Waals surface area contributed by atoms with E-state index in [-0.39, 0.29) is 11.6 Å². The highest BCUT2D eigenvalue weighted by atomic mass is 35.5. The molecule has 0 aliphatic rings.